The van der Waals surface area contributed by atoms with E-state index in [1.165, 1.54) is 0 Å². The van der Waals surface area contributed by atoms with Crippen molar-refractivity contribution in [2.24, 2.45) is 4.99 Å². The van der Waals surface area contributed by atoms with E-state index in [0.717, 1.165) is 12.2 Å². The lowest BCUT2D eigenvalue weighted by molar-refractivity contribution is -0.115. The predicted octanol–water partition coefficient (Wildman–Crippen LogP) is 1.38. The standard InChI is InChI=1S/C17H23N5O3/c1-18-17(20-8-4-9-24-13-15-6-3-10-25-15)21-12-16(23)22-14-5-2-7-19-11-14/h2-3,5-7,10-11H,4,8-9,12-13H2,1H3,(H,22,23)(H2,18,20,21). The summed E-state index contributed by atoms with van der Waals surface area (Å²) in [5.41, 5.74) is 0.658. The number of hydrogen-bond donors (Lipinski definition) is 3. The number of furan rings is 1. The maximum atomic E-state index is 11.8. The first-order valence-electron chi connectivity index (χ1n) is 8.02. The van der Waals surface area contributed by atoms with Gasteiger partial charge in [0, 0.05) is 26.4 Å². The first-order chi connectivity index (χ1) is 12.3. The lowest BCUT2D eigenvalue weighted by Crippen LogP contribution is -2.41. The Morgan fingerprint density at radius 2 is 2.24 bits per heavy atom. The van der Waals surface area contributed by atoms with Gasteiger partial charge in [0.15, 0.2) is 5.96 Å². The van der Waals surface area contributed by atoms with E-state index in [0.29, 0.717) is 31.4 Å². The largest absolute Gasteiger partial charge is 0.467 e. The highest BCUT2D eigenvalue weighted by Gasteiger charge is 2.04. The average molecular weight is 345 g/mol. The van der Waals surface area contributed by atoms with Gasteiger partial charge in [0.1, 0.15) is 12.4 Å². The molecule has 0 aliphatic rings. The van der Waals surface area contributed by atoms with Crippen LogP contribution in [-0.4, -0.2) is 43.6 Å². The Kier molecular flexibility index (Phi) is 7.99. The van der Waals surface area contributed by atoms with Crippen molar-refractivity contribution in [1.82, 2.24) is 15.6 Å². The third kappa shape index (κ3) is 7.49. The van der Waals surface area contributed by atoms with Gasteiger partial charge < -0.3 is 25.1 Å². The van der Waals surface area contributed by atoms with Gasteiger partial charge in [-0.25, -0.2) is 0 Å². The van der Waals surface area contributed by atoms with E-state index in [9.17, 15) is 4.79 Å². The molecule has 0 unspecified atom stereocenters. The lowest BCUT2D eigenvalue weighted by atomic mass is 10.4. The molecule has 25 heavy (non-hydrogen) atoms. The zero-order chi connectivity index (χ0) is 17.7. The number of carbonyl (C=O) groups is 1. The number of amides is 1. The molecule has 8 nitrogen and oxygen atoms in total. The fourth-order valence-corrected chi connectivity index (χ4v) is 1.97. The Morgan fingerprint density at radius 3 is 2.96 bits per heavy atom. The molecule has 2 aromatic rings. The first-order valence-corrected chi connectivity index (χ1v) is 8.02. The highest BCUT2D eigenvalue weighted by Crippen LogP contribution is 2.02. The summed E-state index contributed by atoms with van der Waals surface area (Å²) in [6.07, 6.45) is 5.68. The number of rotatable bonds is 9. The fourth-order valence-electron chi connectivity index (χ4n) is 1.97. The molecule has 0 aliphatic carbocycles. The molecule has 2 aromatic heterocycles. The van der Waals surface area contributed by atoms with Crippen molar-refractivity contribution in [1.29, 1.82) is 0 Å². The smallest absolute Gasteiger partial charge is 0.243 e. The number of aromatic nitrogens is 1. The van der Waals surface area contributed by atoms with Crippen molar-refractivity contribution in [3.8, 4) is 0 Å². The number of nitrogens with zero attached hydrogens (tertiary/aromatic N) is 2. The molecule has 1 amide bonds. The average Bonchev–Trinajstić information content (AvgIpc) is 3.15. The van der Waals surface area contributed by atoms with Crippen molar-refractivity contribution in [2.75, 3.05) is 32.1 Å². The second-order valence-electron chi connectivity index (χ2n) is 5.13. The monoisotopic (exact) mass is 345 g/mol. The molecule has 0 fully saturated rings. The quantitative estimate of drug-likeness (QED) is 0.361. The first kappa shape index (κ1) is 18.5. The van der Waals surface area contributed by atoms with Crippen molar-refractivity contribution >= 4 is 17.6 Å². The van der Waals surface area contributed by atoms with E-state index in [-0.39, 0.29) is 12.5 Å². The summed E-state index contributed by atoms with van der Waals surface area (Å²) in [4.78, 5) is 19.9. The van der Waals surface area contributed by atoms with E-state index < -0.39 is 0 Å². The minimum atomic E-state index is -0.169. The van der Waals surface area contributed by atoms with Crippen LogP contribution in [0, 0.1) is 0 Å². The molecule has 2 rings (SSSR count). The molecule has 0 radical (unpaired) electrons. The van der Waals surface area contributed by atoms with Crippen LogP contribution in [0.15, 0.2) is 52.3 Å². The molecule has 0 spiro atoms. The van der Waals surface area contributed by atoms with Crippen molar-refractivity contribution in [3.63, 3.8) is 0 Å². The van der Waals surface area contributed by atoms with Crippen LogP contribution >= 0.6 is 0 Å². The molecule has 0 saturated heterocycles. The number of ether oxygens (including phenoxy) is 1. The molecule has 8 heteroatoms. The number of aliphatic imine (C=N–C) groups is 1. The van der Waals surface area contributed by atoms with Crippen LogP contribution in [0.4, 0.5) is 5.69 Å². The van der Waals surface area contributed by atoms with Crippen LogP contribution in [0.25, 0.3) is 0 Å². The van der Waals surface area contributed by atoms with E-state index >= 15 is 0 Å². The Hall–Kier alpha value is -2.87. The van der Waals surface area contributed by atoms with E-state index in [4.69, 9.17) is 9.15 Å². The molecule has 0 atom stereocenters. The van der Waals surface area contributed by atoms with Gasteiger partial charge in [-0.15, -0.1) is 0 Å². The predicted molar refractivity (Wildman–Crippen MR) is 95.2 cm³/mol. The fraction of sp³-hybridized carbons (Fsp3) is 0.353. The zero-order valence-electron chi connectivity index (χ0n) is 14.2. The Labute approximate surface area is 146 Å². The van der Waals surface area contributed by atoms with Gasteiger partial charge in [-0.3, -0.25) is 14.8 Å². The molecular weight excluding hydrogens is 322 g/mol. The third-order valence-electron chi connectivity index (χ3n) is 3.17. The van der Waals surface area contributed by atoms with Crippen LogP contribution in [0.1, 0.15) is 12.2 Å². The van der Waals surface area contributed by atoms with Crippen LogP contribution in [0.5, 0.6) is 0 Å². The second kappa shape index (κ2) is 10.8. The normalized spacial score (nSPS) is 11.2. The Balaban J connectivity index is 1.55. The third-order valence-corrected chi connectivity index (χ3v) is 3.17. The summed E-state index contributed by atoms with van der Waals surface area (Å²) in [5, 5.41) is 8.82. The highest BCUT2D eigenvalue weighted by molar-refractivity contribution is 5.94. The molecule has 0 aliphatic heterocycles. The lowest BCUT2D eigenvalue weighted by Gasteiger charge is -2.12. The summed E-state index contributed by atoms with van der Waals surface area (Å²) in [6, 6.07) is 7.25. The van der Waals surface area contributed by atoms with Gasteiger partial charge in [-0.2, -0.15) is 0 Å². The van der Waals surface area contributed by atoms with Gasteiger partial charge in [0.05, 0.1) is 24.7 Å². The van der Waals surface area contributed by atoms with E-state index in [2.05, 4.69) is 25.9 Å². The summed E-state index contributed by atoms with van der Waals surface area (Å²) in [6.45, 7) is 1.87. The molecule has 0 aromatic carbocycles. The minimum absolute atomic E-state index is 0.115. The van der Waals surface area contributed by atoms with Gasteiger partial charge in [-0.1, -0.05) is 0 Å². The topological polar surface area (TPSA) is 101 Å². The molecule has 134 valence electrons. The van der Waals surface area contributed by atoms with Gasteiger partial charge in [0.2, 0.25) is 5.91 Å². The minimum Gasteiger partial charge on any atom is -0.467 e. The molecule has 3 N–H and O–H groups in total. The zero-order valence-corrected chi connectivity index (χ0v) is 14.2. The van der Waals surface area contributed by atoms with E-state index in [1.54, 1.807) is 37.8 Å². The summed E-state index contributed by atoms with van der Waals surface area (Å²) in [5.74, 6) is 1.20. The van der Waals surface area contributed by atoms with Gasteiger partial charge in [-0.05, 0) is 30.7 Å². The number of nitrogens with one attached hydrogen (secondary N) is 3. The van der Waals surface area contributed by atoms with Crippen molar-refractivity contribution in [3.05, 3.63) is 48.7 Å². The Bertz CT molecular complexity index is 644. The second-order valence-corrected chi connectivity index (χ2v) is 5.13. The van der Waals surface area contributed by atoms with Crippen LogP contribution in [0.3, 0.4) is 0 Å². The van der Waals surface area contributed by atoms with Crippen molar-refractivity contribution in [2.45, 2.75) is 13.0 Å². The summed E-state index contributed by atoms with van der Waals surface area (Å²) >= 11 is 0. The van der Waals surface area contributed by atoms with Crippen molar-refractivity contribution < 1.29 is 13.9 Å². The Morgan fingerprint density at radius 1 is 1.32 bits per heavy atom. The summed E-state index contributed by atoms with van der Waals surface area (Å²) in [7, 11) is 1.65. The SMILES string of the molecule is CN=C(NCCCOCc1ccco1)NCC(=O)Nc1cccnc1. The number of pyridine rings is 1. The molecule has 0 bridgehead atoms. The van der Waals surface area contributed by atoms with Gasteiger partial charge in [0.25, 0.3) is 0 Å². The number of hydrogen-bond acceptors (Lipinski definition) is 5. The highest BCUT2D eigenvalue weighted by atomic mass is 16.5. The number of carbonyl (C=O) groups excluding carboxylic acids is 1. The van der Waals surface area contributed by atoms with Gasteiger partial charge >= 0.3 is 0 Å². The maximum absolute atomic E-state index is 11.8. The molecule has 0 saturated carbocycles. The van der Waals surface area contributed by atoms with Crippen LogP contribution in [0.2, 0.25) is 0 Å². The number of anilines is 1. The van der Waals surface area contributed by atoms with Crippen LogP contribution < -0.4 is 16.0 Å². The summed E-state index contributed by atoms with van der Waals surface area (Å²) < 4.78 is 10.7. The maximum Gasteiger partial charge on any atom is 0.243 e. The molecule has 2 heterocycles. The molecular formula is C17H23N5O3. The number of guanidine groups is 1. The van der Waals surface area contributed by atoms with E-state index in [1.807, 2.05) is 12.1 Å². The van der Waals surface area contributed by atoms with Crippen LogP contribution in [-0.2, 0) is 16.1 Å².